The van der Waals surface area contributed by atoms with E-state index < -0.39 is 5.60 Å². The van der Waals surface area contributed by atoms with Crippen LogP contribution in [0, 0.1) is 3.57 Å². The third-order valence-corrected chi connectivity index (χ3v) is 5.79. The Morgan fingerprint density at radius 3 is 2.46 bits per heavy atom. The molecular weight excluding hydrogens is 493 g/mol. The van der Waals surface area contributed by atoms with Gasteiger partial charge in [0.2, 0.25) is 0 Å². The predicted octanol–water partition coefficient (Wildman–Crippen LogP) is 4.38. The largest absolute Gasteiger partial charge is 0.444 e. The Labute approximate surface area is 183 Å². The second-order valence-corrected chi connectivity index (χ2v) is 9.21. The number of hydrogen-bond acceptors (Lipinski definition) is 6. The normalized spacial score (nSPS) is 15.1. The maximum atomic E-state index is 12.3. The van der Waals surface area contributed by atoms with Gasteiger partial charge in [0.05, 0.1) is 16.1 Å². The molecule has 2 heterocycles. The third-order valence-electron chi connectivity index (χ3n) is 4.26. The Balaban J connectivity index is 1.82. The van der Waals surface area contributed by atoms with Gasteiger partial charge in [-0.15, -0.1) is 0 Å². The molecule has 1 fully saturated rings. The molecule has 1 N–H and O–H groups in total. The SMILES string of the molecule is CCNc1nc2cc(I)c(Cl)cc2nc1N1CCN(C(=O)OC(C)(C)C)CC1. The molecule has 0 bridgehead atoms. The minimum absolute atomic E-state index is 0.273. The van der Waals surface area contributed by atoms with Gasteiger partial charge >= 0.3 is 6.09 Å². The molecule has 0 unspecified atom stereocenters. The van der Waals surface area contributed by atoms with E-state index in [0.717, 1.165) is 32.8 Å². The number of nitrogens with one attached hydrogen (secondary N) is 1. The van der Waals surface area contributed by atoms with Crippen LogP contribution >= 0.6 is 34.2 Å². The number of carbonyl (C=O) groups excluding carboxylic acids is 1. The van der Waals surface area contributed by atoms with Crippen LogP contribution in [0.15, 0.2) is 12.1 Å². The summed E-state index contributed by atoms with van der Waals surface area (Å²) in [5.41, 5.74) is 1.07. The molecule has 0 aliphatic carbocycles. The summed E-state index contributed by atoms with van der Waals surface area (Å²) in [4.78, 5) is 25.8. The Morgan fingerprint density at radius 2 is 1.86 bits per heavy atom. The summed E-state index contributed by atoms with van der Waals surface area (Å²) in [6.45, 7) is 10.9. The van der Waals surface area contributed by atoms with Gasteiger partial charge in [-0.2, -0.15) is 0 Å². The van der Waals surface area contributed by atoms with Gasteiger partial charge in [-0.05, 0) is 62.4 Å². The molecule has 152 valence electrons. The van der Waals surface area contributed by atoms with Gasteiger partial charge < -0.3 is 19.9 Å². The standard InChI is InChI=1S/C19H25ClIN5O2/c1-5-22-16-17(24-14-10-12(20)13(21)11-15(14)23-16)25-6-8-26(9-7-25)18(27)28-19(2,3)4/h10-11H,5-9H2,1-4H3,(H,22,23). The summed E-state index contributed by atoms with van der Waals surface area (Å²) < 4.78 is 6.42. The number of hydrogen-bond donors (Lipinski definition) is 1. The minimum atomic E-state index is -0.493. The number of anilines is 2. The van der Waals surface area contributed by atoms with Crippen LogP contribution in [-0.2, 0) is 4.74 Å². The van der Waals surface area contributed by atoms with Crippen molar-refractivity contribution in [2.24, 2.45) is 0 Å². The first-order valence-corrected chi connectivity index (χ1v) is 10.8. The fraction of sp³-hybridized carbons (Fsp3) is 0.526. The second-order valence-electron chi connectivity index (χ2n) is 7.64. The van der Waals surface area contributed by atoms with Crippen molar-refractivity contribution in [2.45, 2.75) is 33.3 Å². The first-order chi connectivity index (χ1) is 13.2. The number of piperazine rings is 1. The summed E-state index contributed by atoms with van der Waals surface area (Å²) >= 11 is 8.47. The highest BCUT2D eigenvalue weighted by Crippen LogP contribution is 2.29. The Hall–Kier alpha value is -1.55. The quantitative estimate of drug-likeness (QED) is 0.610. The van der Waals surface area contributed by atoms with E-state index in [9.17, 15) is 4.79 Å². The van der Waals surface area contributed by atoms with Crippen LogP contribution in [0.2, 0.25) is 5.02 Å². The van der Waals surface area contributed by atoms with E-state index in [2.05, 4.69) is 32.8 Å². The van der Waals surface area contributed by atoms with Crippen molar-refractivity contribution in [3.8, 4) is 0 Å². The first kappa shape index (κ1) is 21.2. The Bertz CT molecular complexity index is 879. The molecule has 0 atom stereocenters. The van der Waals surface area contributed by atoms with Gasteiger partial charge in [0.25, 0.3) is 0 Å². The van der Waals surface area contributed by atoms with Gasteiger partial charge in [-0.1, -0.05) is 11.6 Å². The van der Waals surface area contributed by atoms with Crippen molar-refractivity contribution in [1.82, 2.24) is 14.9 Å². The van der Waals surface area contributed by atoms with Gasteiger partial charge in [-0.25, -0.2) is 14.8 Å². The van der Waals surface area contributed by atoms with E-state index in [1.807, 2.05) is 39.8 Å². The molecule has 2 aromatic rings. The van der Waals surface area contributed by atoms with Crippen LogP contribution in [0.25, 0.3) is 11.0 Å². The van der Waals surface area contributed by atoms with Crippen LogP contribution in [-0.4, -0.2) is 59.3 Å². The van der Waals surface area contributed by atoms with Gasteiger partial charge in [0.1, 0.15) is 5.60 Å². The zero-order chi connectivity index (χ0) is 20.5. The number of fused-ring (bicyclic) bond motifs is 1. The van der Waals surface area contributed by atoms with Crippen molar-refractivity contribution in [3.63, 3.8) is 0 Å². The smallest absolute Gasteiger partial charge is 0.410 e. The maximum Gasteiger partial charge on any atom is 0.410 e. The maximum absolute atomic E-state index is 12.3. The average Bonchev–Trinajstić information content (AvgIpc) is 2.61. The first-order valence-electron chi connectivity index (χ1n) is 9.31. The molecule has 1 aromatic carbocycles. The molecule has 1 aliphatic heterocycles. The summed E-state index contributed by atoms with van der Waals surface area (Å²) in [6, 6.07) is 3.79. The average molecular weight is 518 g/mol. The van der Waals surface area contributed by atoms with Crippen LogP contribution in [0.1, 0.15) is 27.7 Å². The van der Waals surface area contributed by atoms with Crippen molar-refractivity contribution in [2.75, 3.05) is 42.9 Å². The number of halogens is 2. The number of rotatable bonds is 3. The van der Waals surface area contributed by atoms with Crippen molar-refractivity contribution in [1.29, 1.82) is 0 Å². The zero-order valence-corrected chi connectivity index (χ0v) is 19.5. The van der Waals surface area contributed by atoms with E-state index in [0.29, 0.717) is 31.2 Å². The zero-order valence-electron chi connectivity index (χ0n) is 16.6. The van der Waals surface area contributed by atoms with Gasteiger partial charge in [-0.3, -0.25) is 0 Å². The number of amides is 1. The van der Waals surface area contributed by atoms with Gasteiger partial charge in [0.15, 0.2) is 11.6 Å². The van der Waals surface area contributed by atoms with Gasteiger partial charge in [0, 0.05) is 36.3 Å². The topological polar surface area (TPSA) is 70.6 Å². The number of aromatic nitrogens is 2. The molecule has 0 saturated carbocycles. The monoisotopic (exact) mass is 517 g/mol. The van der Waals surface area contributed by atoms with Crippen molar-refractivity contribution >= 4 is 63.0 Å². The minimum Gasteiger partial charge on any atom is -0.444 e. The number of benzene rings is 1. The lowest BCUT2D eigenvalue weighted by molar-refractivity contribution is 0.0240. The molecule has 1 amide bonds. The van der Waals surface area contributed by atoms with Crippen molar-refractivity contribution in [3.05, 3.63) is 20.7 Å². The molecule has 28 heavy (non-hydrogen) atoms. The Kier molecular flexibility index (Phi) is 6.38. The van der Waals surface area contributed by atoms with E-state index in [1.54, 1.807) is 4.90 Å². The second kappa shape index (κ2) is 8.44. The lowest BCUT2D eigenvalue weighted by Gasteiger charge is -2.36. The predicted molar refractivity (Wildman–Crippen MR) is 121 cm³/mol. The third kappa shape index (κ3) is 4.89. The molecule has 0 spiro atoms. The van der Waals surface area contributed by atoms with E-state index >= 15 is 0 Å². The van der Waals surface area contributed by atoms with Crippen LogP contribution in [0.4, 0.5) is 16.4 Å². The molecule has 7 nitrogen and oxygen atoms in total. The summed E-state index contributed by atoms with van der Waals surface area (Å²) in [6.07, 6.45) is -0.273. The summed E-state index contributed by atoms with van der Waals surface area (Å²) in [5.74, 6) is 1.54. The highest BCUT2D eigenvalue weighted by Gasteiger charge is 2.27. The molecule has 1 aromatic heterocycles. The summed E-state index contributed by atoms with van der Waals surface area (Å²) in [7, 11) is 0. The van der Waals surface area contributed by atoms with Crippen molar-refractivity contribution < 1.29 is 9.53 Å². The highest BCUT2D eigenvalue weighted by molar-refractivity contribution is 14.1. The fourth-order valence-corrected chi connectivity index (χ4v) is 3.58. The van der Waals surface area contributed by atoms with Crippen LogP contribution in [0.3, 0.4) is 0 Å². The number of carbonyl (C=O) groups is 1. The number of ether oxygens (including phenoxy) is 1. The van der Waals surface area contributed by atoms with Crippen LogP contribution < -0.4 is 10.2 Å². The molecule has 1 saturated heterocycles. The lowest BCUT2D eigenvalue weighted by Crippen LogP contribution is -2.50. The van der Waals surface area contributed by atoms with Crippen LogP contribution in [0.5, 0.6) is 0 Å². The van der Waals surface area contributed by atoms with E-state index in [-0.39, 0.29) is 6.09 Å². The Morgan fingerprint density at radius 1 is 1.21 bits per heavy atom. The summed E-state index contributed by atoms with van der Waals surface area (Å²) in [5, 5.41) is 3.97. The fourth-order valence-electron chi connectivity index (χ4n) is 2.98. The molecule has 1 aliphatic rings. The molecular formula is C19H25ClIN5O2. The molecule has 9 heteroatoms. The highest BCUT2D eigenvalue weighted by atomic mass is 127. The van der Waals surface area contributed by atoms with E-state index in [1.165, 1.54) is 0 Å². The lowest BCUT2D eigenvalue weighted by atomic mass is 10.2. The van der Waals surface area contributed by atoms with E-state index in [4.69, 9.17) is 26.3 Å². The molecule has 3 rings (SSSR count). The number of nitrogens with zero attached hydrogens (tertiary/aromatic N) is 4. The molecule has 0 radical (unpaired) electrons.